The maximum absolute atomic E-state index is 13.6. The molecule has 0 fully saturated rings. The van der Waals surface area contributed by atoms with Crippen molar-refractivity contribution in [1.82, 2.24) is 15.3 Å². The highest BCUT2D eigenvalue weighted by Gasteiger charge is 2.19. The molecule has 20 heavy (non-hydrogen) atoms. The van der Waals surface area contributed by atoms with E-state index in [1.54, 1.807) is 31.5 Å². The highest BCUT2D eigenvalue weighted by Crippen LogP contribution is 2.27. The van der Waals surface area contributed by atoms with Crippen molar-refractivity contribution >= 4 is 16.9 Å². The summed E-state index contributed by atoms with van der Waals surface area (Å²) >= 11 is 0. The van der Waals surface area contributed by atoms with Gasteiger partial charge in [0.25, 0.3) is 5.91 Å². The fourth-order valence-electron chi connectivity index (χ4n) is 2.06. The van der Waals surface area contributed by atoms with Gasteiger partial charge in [0.15, 0.2) is 17.2 Å². The topological polar surface area (TPSA) is 70.9 Å². The van der Waals surface area contributed by atoms with E-state index in [0.717, 1.165) is 0 Å². The van der Waals surface area contributed by atoms with E-state index in [2.05, 4.69) is 15.3 Å². The quantitative estimate of drug-likeness (QED) is 0.770. The van der Waals surface area contributed by atoms with Gasteiger partial charge in [-0.15, -0.1) is 0 Å². The first-order valence-corrected chi connectivity index (χ1v) is 6.11. The van der Waals surface area contributed by atoms with Crippen LogP contribution in [0.2, 0.25) is 0 Å². The summed E-state index contributed by atoms with van der Waals surface area (Å²) in [6, 6.07) is 4.61. The molecule has 0 spiro atoms. The normalized spacial score (nSPS) is 10.9. The summed E-state index contributed by atoms with van der Waals surface area (Å²) in [6.07, 6.45) is 3.27. The van der Waals surface area contributed by atoms with E-state index in [0.29, 0.717) is 16.8 Å². The average molecular weight is 273 g/mol. The van der Waals surface area contributed by atoms with Gasteiger partial charge in [0.1, 0.15) is 5.82 Å². The third-order valence-corrected chi connectivity index (χ3v) is 3.09. The number of benzene rings is 1. The molecule has 3 aromatic rings. The van der Waals surface area contributed by atoms with Crippen molar-refractivity contribution in [1.29, 1.82) is 0 Å². The van der Waals surface area contributed by atoms with Crippen molar-refractivity contribution in [2.45, 2.75) is 13.5 Å². The van der Waals surface area contributed by atoms with Crippen LogP contribution in [0.1, 0.15) is 21.9 Å². The van der Waals surface area contributed by atoms with E-state index in [4.69, 9.17) is 4.42 Å². The summed E-state index contributed by atoms with van der Waals surface area (Å²) in [4.78, 5) is 19.0. The number of hydrogen-bond acceptors (Lipinski definition) is 3. The van der Waals surface area contributed by atoms with E-state index in [9.17, 15) is 9.18 Å². The summed E-state index contributed by atoms with van der Waals surface area (Å²) in [7, 11) is 0. The zero-order valence-corrected chi connectivity index (χ0v) is 10.7. The van der Waals surface area contributed by atoms with Gasteiger partial charge in [-0.25, -0.2) is 9.37 Å². The number of aromatic nitrogens is 2. The number of H-pyrrole nitrogens is 1. The molecule has 0 bridgehead atoms. The molecule has 2 N–H and O–H groups in total. The van der Waals surface area contributed by atoms with Crippen LogP contribution >= 0.6 is 0 Å². The number of aromatic amines is 1. The van der Waals surface area contributed by atoms with Crippen LogP contribution in [0.25, 0.3) is 11.0 Å². The number of imidazole rings is 1. The molecule has 0 unspecified atom stereocenters. The fraction of sp³-hybridized carbons (Fsp3) is 0.143. The Morgan fingerprint density at radius 1 is 1.50 bits per heavy atom. The van der Waals surface area contributed by atoms with Gasteiger partial charge < -0.3 is 14.7 Å². The summed E-state index contributed by atoms with van der Waals surface area (Å²) in [5, 5.41) is 3.28. The van der Waals surface area contributed by atoms with E-state index in [1.807, 2.05) is 0 Å². The Kier molecular flexibility index (Phi) is 2.98. The second-order valence-corrected chi connectivity index (χ2v) is 4.39. The zero-order chi connectivity index (χ0) is 14.1. The molecule has 6 heteroatoms. The van der Waals surface area contributed by atoms with Crippen molar-refractivity contribution in [2.75, 3.05) is 0 Å². The van der Waals surface area contributed by atoms with Crippen molar-refractivity contribution in [3.63, 3.8) is 0 Å². The molecule has 1 aromatic carbocycles. The van der Waals surface area contributed by atoms with Crippen molar-refractivity contribution < 1.29 is 13.6 Å². The lowest BCUT2D eigenvalue weighted by molar-refractivity contribution is 0.0923. The predicted octanol–water partition coefficient (Wildman–Crippen LogP) is 2.53. The van der Waals surface area contributed by atoms with Crippen molar-refractivity contribution in [2.24, 2.45) is 0 Å². The van der Waals surface area contributed by atoms with Gasteiger partial charge in [-0.3, -0.25) is 4.79 Å². The molecule has 3 rings (SSSR count). The molecule has 102 valence electrons. The molecule has 0 aliphatic carbocycles. The lowest BCUT2D eigenvalue weighted by Crippen LogP contribution is -2.23. The number of amides is 1. The maximum atomic E-state index is 13.6. The van der Waals surface area contributed by atoms with Gasteiger partial charge in [0.05, 0.1) is 6.54 Å². The third-order valence-electron chi connectivity index (χ3n) is 3.09. The SMILES string of the molecule is Cc1c(C(=O)NCc2ncc[nH]2)oc2c(F)cccc12. The summed E-state index contributed by atoms with van der Waals surface area (Å²) < 4.78 is 19.0. The maximum Gasteiger partial charge on any atom is 0.287 e. The van der Waals surface area contributed by atoms with Crippen LogP contribution in [0, 0.1) is 12.7 Å². The van der Waals surface area contributed by atoms with Crippen LogP contribution in [0.4, 0.5) is 4.39 Å². The standard InChI is InChI=1S/C14H12FN3O2/c1-8-9-3-2-4-10(15)13(9)20-12(8)14(19)18-7-11-16-5-6-17-11/h2-6H,7H2,1H3,(H,16,17)(H,18,19). The van der Waals surface area contributed by atoms with Gasteiger partial charge in [0.2, 0.25) is 0 Å². The smallest absolute Gasteiger partial charge is 0.287 e. The second-order valence-electron chi connectivity index (χ2n) is 4.39. The highest BCUT2D eigenvalue weighted by atomic mass is 19.1. The van der Waals surface area contributed by atoms with Crippen molar-refractivity contribution in [3.05, 3.63) is 53.6 Å². The van der Waals surface area contributed by atoms with Crippen LogP contribution < -0.4 is 5.32 Å². The lowest BCUT2D eigenvalue weighted by Gasteiger charge is -2.01. The predicted molar refractivity (Wildman–Crippen MR) is 70.7 cm³/mol. The third kappa shape index (κ3) is 2.05. The molecule has 0 atom stereocenters. The molecular formula is C14H12FN3O2. The molecule has 5 nitrogen and oxygen atoms in total. The molecule has 2 aromatic heterocycles. The lowest BCUT2D eigenvalue weighted by atomic mass is 10.1. The zero-order valence-electron chi connectivity index (χ0n) is 10.7. The fourth-order valence-corrected chi connectivity index (χ4v) is 2.06. The van der Waals surface area contributed by atoms with Gasteiger partial charge in [-0.1, -0.05) is 12.1 Å². The van der Waals surface area contributed by atoms with Crippen LogP contribution in [-0.4, -0.2) is 15.9 Å². The van der Waals surface area contributed by atoms with Gasteiger partial charge in [-0.2, -0.15) is 0 Å². The first-order chi connectivity index (χ1) is 9.66. The number of nitrogens with zero attached hydrogens (tertiary/aromatic N) is 1. The number of furan rings is 1. The number of halogens is 1. The van der Waals surface area contributed by atoms with Crippen LogP contribution in [-0.2, 0) is 6.54 Å². The molecule has 1 amide bonds. The molecule has 0 aliphatic heterocycles. The number of aryl methyl sites for hydroxylation is 1. The van der Waals surface area contributed by atoms with E-state index in [-0.39, 0.29) is 17.9 Å². The molecule has 0 saturated heterocycles. The van der Waals surface area contributed by atoms with E-state index in [1.165, 1.54) is 6.07 Å². The first kappa shape index (κ1) is 12.4. The Morgan fingerprint density at radius 3 is 3.05 bits per heavy atom. The van der Waals surface area contributed by atoms with E-state index < -0.39 is 11.7 Å². The van der Waals surface area contributed by atoms with Crippen molar-refractivity contribution in [3.8, 4) is 0 Å². The molecule has 2 heterocycles. The molecule has 0 radical (unpaired) electrons. The minimum absolute atomic E-state index is 0.105. The Balaban J connectivity index is 1.88. The average Bonchev–Trinajstić information content (AvgIpc) is 3.06. The number of carbonyl (C=O) groups excluding carboxylic acids is 1. The molecule has 0 saturated carbocycles. The highest BCUT2D eigenvalue weighted by molar-refractivity contribution is 5.98. The van der Waals surface area contributed by atoms with Crippen LogP contribution in [0.3, 0.4) is 0 Å². The Hall–Kier alpha value is -2.63. The monoisotopic (exact) mass is 273 g/mol. The van der Waals surface area contributed by atoms with Gasteiger partial charge in [-0.05, 0) is 13.0 Å². The minimum Gasteiger partial charge on any atom is -0.448 e. The number of para-hydroxylation sites is 1. The molecular weight excluding hydrogens is 261 g/mol. The van der Waals surface area contributed by atoms with Crippen LogP contribution in [0.5, 0.6) is 0 Å². The Labute approximate surface area is 113 Å². The summed E-state index contributed by atoms with van der Waals surface area (Å²) in [6.45, 7) is 1.98. The van der Waals surface area contributed by atoms with Crippen LogP contribution in [0.15, 0.2) is 35.0 Å². The number of rotatable bonds is 3. The number of fused-ring (bicyclic) bond motifs is 1. The van der Waals surface area contributed by atoms with Gasteiger partial charge >= 0.3 is 0 Å². The molecule has 0 aliphatic rings. The minimum atomic E-state index is -0.476. The first-order valence-electron chi connectivity index (χ1n) is 6.11. The second kappa shape index (κ2) is 4.80. The van der Waals surface area contributed by atoms with E-state index >= 15 is 0 Å². The number of hydrogen-bond donors (Lipinski definition) is 2. The number of carbonyl (C=O) groups is 1. The summed E-state index contributed by atoms with van der Waals surface area (Å²) in [5.41, 5.74) is 0.726. The Morgan fingerprint density at radius 2 is 2.35 bits per heavy atom. The summed E-state index contributed by atoms with van der Waals surface area (Å²) in [5.74, 6) is -0.111. The number of nitrogens with one attached hydrogen (secondary N) is 2. The Bertz CT molecular complexity index is 762. The van der Waals surface area contributed by atoms with Gasteiger partial charge in [0, 0.05) is 23.3 Å². The largest absolute Gasteiger partial charge is 0.448 e.